The van der Waals surface area contributed by atoms with Crippen LogP contribution >= 0.6 is 11.6 Å². The number of aliphatic carboxylic acids is 1. The van der Waals surface area contributed by atoms with Gasteiger partial charge in [-0.05, 0) is 24.3 Å². The number of carbonyl (C=O) groups excluding carboxylic acids is 1. The maximum Gasteiger partial charge on any atom is 0.334 e. The number of morpholine rings is 1. The van der Waals surface area contributed by atoms with Gasteiger partial charge in [0.1, 0.15) is 0 Å². The first-order valence-corrected chi connectivity index (χ1v) is 7.36. The Morgan fingerprint density at radius 1 is 1.30 bits per heavy atom. The molecule has 0 saturated carbocycles. The molecule has 1 amide bonds. The van der Waals surface area contributed by atoms with Crippen LogP contribution in [-0.2, 0) is 9.53 Å². The number of carboxylic acids is 1. The van der Waals surface area contributed by atoms with Gasteiger partial charge in [0, 0.05) is 17.8 Å². The summed E-state index contributed by atoms with van der Waals surface area (Å²) in [5.74, 6) is -1.33. The van der Waals surface area contributed by atoms with E-state index >= 15 is 0 Å². The van der Waals surface area contributed by atoms with Crippen molar-refractivity contribution in [2.24, 2.45) is 0 Å². The van der Waals surface area contributed by atoms with Gasteiger partial charge < -0.3 is 14.7 Å². The van der Waals surface area contributed by atoms with Crippen molar-refractivity contribution in [1.29, 1.82) is 0 Å². The number of benzene rings is 1. The van der Waals surface area contributed by atoms with Gasteiger partial charge in [-0.3, -0.25) is 4.79 Å². The van der Waals surface area contributed by atoms with Crippen molar-refractivity contribution in [2.75, 3.05) is 19.7 Å². The van der Waals surface area contributed by atoms with E-state index in [1.54, 1.807) is 35.1 Å². The van der Waals surface area contributed by atoms with Crippen LogP contribution in [0.2, 0.25) is 5.02 Å². The van der Waals surface area contributed by atoms with Crippen LogP contribution in [-0.4, -0.2) is 57.5 Å². The highest BCUT2D eigenvalue weighted by Gasteiger charge is 2.29. The summed E-state index contributed by atoms with van der Waals surface area (Å²) in [5, 5.41) is 13.8. The quantitative estimate of drug-likeness (QED) is 0.917. The first-order chi connectivity index (χ1) is 11.0. The van der Waals surface area contributed by atoms with Gasteiger partial charge in [0.25, 0.3) is 5.91 Å². The first kappa shape index (κ1) is 15.5. The second-order valence-corrected chi connectivity index (χ2v) is 5.54. The molecule has 3 rings (SSSR count). The van der Waals surface area contributed by atoms with Crippen molar-refractivity contribution < 1.29 is 19.4 Å². The Hall–Kier alpha value is -2.38. The molecular formula is C15H14ClN3O4. The number of rotatable bonds is 3. The van der Waals surface area contributed by atoms with E-state index in [9.17, 15) is 9.59 Å². The summed E-state index contributed by atoms with van der Waals surface area (Å²) >= 11 is 5.85. The van der Waals surface area contributed by atoms with Crippen LogP contribution in [0.15, 0.2) is 36.7 Å². The Morgan fingerprint density at radius 2 is 2.04 bits per heavy atom. The molecule has 8 heteroatoms. The number of halogens is 1. The average Bonchev–Trinajstić information content (AvgIpc) is 3.05. The summed E-state index contributed by atoms with van der Waals surface area (Å²) in [7, 11) is 0. The molecule has 0 unspecified atom stereocenters. The molecule has 0 aliphatic carbocycles. The molecule has 2 heterocycles. The first-order valence-electron chi connectivity index (χ1n) is 6.99. The molecule has 1 aliphatic rings. The van der Waals surface area contributed by atoms with Gasteiger partial charge in [-0.15, -0.1) is 0 Å². The number of nitrogens with zero attached hydrogens (tertiary/aromatic N) is 3. The maximum absolute atomic E-state index is 12.5. The van der Waals surface area contributed by atoms with Gasteiger partial charge >= 0.3 is 5.97 Å². The highest BCUT2D eigenvalue weighted by atomic mass is 35.5. The molecule has 23 heavy (non-hydrogen) atoms. The molecule has 1 aromatic heterocycles. The van der Waals surface area contributed by atoms with Gasteiger partial charge in [-0.25, -0.2) is 9.48 Å². The summed E-state index contributed by atoms with van der Waals surface area (Å²) in [4.78, 5) is 24.9. The summed E-state index contributed by atoms with van der Waals surface area (Å²) in [6.45, 7) is 0.586. The zero-order valence-electron chi connectivity index (χ0n) is 12.1. The van der Waals surface area contributed by atoms with Crippen LogP contribution in [0.25, 0.3) is 5.69 Å². The molecule has 120 valence electrons. The Kier molecular flexibility index (Phi) is 4.31. The summed E-state index contributed by atoms with van der Waals surface area (Å²) in [6.07, 6.45) is 2.08. The third-order valence-electron chi connectivity index (χ3n) is 3.55. The summed E-state index contributed by atoms with van der Waals surface area (Å²) in [6, 6.07) is 7.05. The predicted octanol–water partition coefficient (Wildman–Crippen LogP) is 1.45. The number of hydrogen-bond acceptors (Lipinski definition) is 4. The standard InChI is InChI=1S/C15H14ClN3O4/c16-11-1-3-12(4-2-11)19-8-10(7-17-19)14(20)18-5-6-23-13(9-18)15(21)22/h1-4,7-8,13H,5-6,9H2,(H,21,22)/t13-/m1/s1. The molecule has 1 N–H and O–H groups in total. The molecular weight excluding hydrogens is 322 g/mol. The van der Waals surface area contributed by atoms with E-state index in [1.807, 2.05) is 0 Å². The molecule has 7 nitrogen and oxygen atoms in total. The summed E-state index contributed by atoms with van der Waals surface area (Å²) < 4.78 is 6.68. The molecule has 0 radical (unpaired) electrons. The van der Waals surface area contributed by atoms with E-state index in [1.165, 1.54) is 11.1 Å². The Balaban J connectivity index is 1.75. The smallest absolute Gasteiger partial charge is 0.334 e. The molecule has 1 aromatic carbocycles. The van der Waals surface area contributed by atoms with Crippen molar-refractivity contribution in [2.45, 2.75) is 6.10 Å². The molecule has 2 aromatic rings. The van der Waals surface area contributed by atoms with Gasteiger partial charge in [-0.1, -0.05) is 11.6 Å². The minimum Gasteiger partial charge on any atom is -0.479 e. The number of carboxylic acid groups (broad SMARTS) is 1. The SMILES string of the molecule is O=C(O)[C@H]1CN(C(=O)c2cnn(-c3ccc(Cl)cc3)c2)CCO1. The van der Waals surface area contributed by atoms with Crippen LogP contribution in [0, 0.1) is 0 Å². The van der Waals surface area contributed by atoms with Crippen LogP contribution in [0.3, 0.4) is 0 Å². The number of amides is 1. The fourth-order valence-electron chi connectivity index (χ4n) is 2.33. The van der Waals surface area contributed by atoms with Crippen LogP contribution in [0.5, 0.6) is 0 Å². The van der Waals surface area contributed by atoms with Gasteiger partial charge in [0.2, 0.25) is 0 Å². The zero-order valence-corrected chi connectivity index (χ0v) is 12.8. The Labute approximate surface area is 137 Å². The number of carbonyl (C=O) groups is 2. The monoisotopic (exact) mass is 335 g/mol. The normalized spacial score (nSPS) is 18.0. The van der Waals surface area contributed by atoms with Gasteiger partial charge in [0.05, 0.1) is 30.6 Å². The molecule has 1 saturated heterocycles. The fraction of sp³-hybridized carbons (Fsp3) is 0.267. The van der Waals surface area contributed by atoms with E-state index in [-0.39, 0.29) is 19.1 Å². The van der Waals surface area contributed by atoms with Crippen LogP contribution in [0.4, 0.5) is 0 Å². The average molecular weight is 336 g/mol. The lowest BCUT2D eigenvalue weighted by molar-refractivity contribution is -0.154. The number of aromatic nitrogens is 2. The lowest BCUT2D eigenvalue weighted by atomic mass is 10.2. The third kappa shape index (κ3) is 3.35. The van der Waals surface area contributed by atoms with Crippen LogP contribution in [0.1, 0.15) is 10.4 Å². The molecule has 1 aliphatic heterocycles. The maximum atomic E-state index is 12.5. The number of hydrogen-bond donors (Lipinski definition) is 1. The van der Waals surface area contributed by atoms with Crippen molar-refractivity contribution in [3.05, 3.63) is 47.2 Å². The van der Waals surface area contributed by atoms with E-state index in [0.29, 0.717) is 17.1 Å². The topological polar surface area (TPSA) is 84.7 Å². The molecule has 0 spiro atoms. The Morgan fingerprint density at radius 3 is 2.74 bits per heavy atom. The van der Waals surface area contributed by atoms with E-state index in [2.05, 4.69) is 5.10 Å². The van der Waals surface area contributed by atoms with E-state index < -0.39 is 12.1 Å². The molecule has 1 atom stereocenters. The Bertz CT molecular complexity index is 729. The van der Waals surface area contributed by atoms with Crippen molar-refractivity contribution >= 4 is 23.5 Å². The minimum absolute atomic E-state index is 0.0281. The second-order valence-electron chi connectivity index (χ2n) is 5.10. The van der Waals surface area contributed by atoms with E-state index in [4.69, 9.17) is 21.4 Å². The highest BCUT2D eigenvalue weighted by molar-refractivity contribution is 6.30. The molecule has 0 bridgehead atoms. The van der Waals surface area contributed by atoms with Crippen molar-refractivity contribution in [3.63, 3.8) is 0 Å². The van der Waals surface area contributed by atoms with Crippen molar-refractivity contribution in [1.82, 2.24) is 14.7 Å². The van der Waals surface area contributed by atoms with Crippen LogP contribution < -0.4 is 0 Å². The lowest BCUT2D eigenvalue weighted by Gasteiger charge is -2.30. The fourth-order valence-corrected chi connectivity index (χ4v) is 2.46. The van der Waals surface area contributed by atoms with Crippen molar-refractivity contribution in [3.8, 4) is 5.69 Å². The lowest BCUT2D eigenvalue weighted by Crippen LogP contribution is -2.48. The minimum atomic E-state index is -1.07. The summed E-state index contributed by atoms with van der Waals surface area (Å²) in [5.41, 5.74) is 1.17. The second kappa shape index (κ2) is 6.39. The van der Waals surface area contributed by atoms with Gasteiger partial charge in [-0.2, -0.15) is 5.10 Å². The molecule has 1 fully saturated rings. The third-order valence-corrected chi connectivity index (χ3v) is 3.80. The highest BCUT2D eigenvalue weighted by Crippen LogP contribution is 2.15. The zero-order chi connectivity index (χ0) is 16.4. The van der Waals surface area contributed by atoms with Gasteiger partial charge in [0.15, 0.2) is 6.10 Å². The van der Waals surface area contributed by atoms with E-state index in [0.717, 1.165) is 5.69 Å². The number of ether oxygens (including phenoxy) is 1. The predicted molar refractivity (Wildman–Crippen MR) is 81.9 cm³/mol. The largest absolute Gasteiger partial charge is 0.479 e.